The third-order valence-corrected chi connectivity index (χ3v) is 6.43. The molecule has 0 aromatic heterocycles. The van der Waals surface area contributed by atoms with E-state index >= 15 is 0 Å². The van der Waals surface area contributed by atoms with Crippen LogP contribution in [0, 0.1) is 11.8 Å². The highest BCUT2D eigenvalue weighted by molar-refractivity contribution is 6.04. The summed E-state index contributed by atoms with van der Waals surface area (Å²) < 4.78 is 11.0. The van der Waals surface area contributed by atoms with E-state index in [1.807, 2.05) is 0 Å². The van der Waals surface area contributed by atoms with Crippen molar-refractivity contribution < 1.29 is 29.0 Å². The van der Waals surface area contributed by atoms with Crippen LogP contribution >= 0.6 is 0 Å². The lowest BCUT2D eigenvalue weighted by Gasteiger charge is -2.17. The second-order valence-electron chi connectivity index (χ2n) is 9.56. The lowest BCUT2D eigenvalue weighted by Crippen LogP contribution is -2.18. The van der Waals surface area contributed by atoms with Crippen LogP contribution < -0.4 is 0 Å². The summed E-state index contributed by atoms with van der Waals surface area (Å²) in [6.07, 6.45) is 12.7. The SMILES string of the molecule is CCCCCC(CCC)COC(=O)c1ccc(C(=O)OCC(CCC)CCCCC)c(C(=O)O)c1. The molecule has 0 aliphatic rings. The molecule has 2 unspecified atom stereocenters. The van der Waals surface area contributed by atoms with Crippen LogP contribution in [0.15, 0.2) is 18.2 Å². The van der Waals surface area contributed by atoms with Crippen molar-refractivity contribution in [1.82, 2.24) is 0 Å². The van der Waals surface area contributed by atoms with Gasteiger partial charge in [0.1, 0.15) is 0 Å². The zero-order chi connectivity index (χ0) is 26.1. The predicted molar refractivity (Wildman–Crippen MR) is 139 cm³/mol. The molecule has 0 aliphatic carbocycles. The largest absolute Gasteiger partial charge is 0.478 e. The molecule has 0 heterocycles. The average molecular weight is 491 g/mol. The molecule has 1 rings (SSSR count). The molecule has 6 heteroatoms. The van der Waals surface area contributed by atoms with Crippen molar-refractivity contribution in [3.63, 3.8) is 0 Å². The Morgan fingerprint density at radius 3 is 1.66 bits per heavy atom. The van der Waals surface area contributed by atoms with Crippen molar-refractivity contribution in [1.29, 1.82) is 0 Å². The number of carbonyl (C=O) groups excluding carboxylic acids is 2. The summed E-state index contributed by atoms with van der Waals surface area (Å²) >= 11 is 0. The van der Waals surface area contributed by atoms with Gasteiger partial charge in [-0.2, -0.15) is 0 Å². The molecule has 0 radical (unpaired) electrons. The Morgan fingerprint density at radius 1 is 0.686 bits per heavy atom. The van der Waals surface area contributed by atoms with Gasteiger partial charge in [0.05, 0.1) is 29.9 Å². The van der Waals surface area contributed by atoms with E-state index in [1.165, 1.54) is 18.2 Å². The number of benzene rings is 1. The topological polar surface area (TPSA) is 89.9 Å². The van der Waals surface area contributed by atoms with E-state index in [0.29, 0.717) is 12.5 Å². The highest BCUT2D eigenvalue weighted by Gasteiger charge is 2.22. The first-order chi connectivity index (χ1) is 16.9. The quantitative estimate of drug-likeness (QED) is 0.158. The number of unbranched alkanes of at least 4 members (excludes halogenated alkanes) is 4. The molecular weight excluding hydrogens is 444 g/mol. The highest BCUT2D eigenvalue weighted by Crippen LogP contribution is 2.20. The molecule has 0 aliphatic heterocycles. The number of carboxylic acid groups (broad SMARTS) is 1. The van der Waals surface area contributed by atoms with Crippen LogP contribution in [0.3, 0.4) is 0 Å². The first-order valence-corrected chi connectivity index (χ1v) is 13.6. The smallest absolute Gasteiger partial charge is 0.339 e. The standard InChI is InChI=1S/C29H46O6/c1-5-9-11-15-22(13-7-3)20-34-28(32)24-17-18-25(26(19-24)27(30)31)29(33)35-21-23(14-8-4)16-12-10-6-2/h17-19,22-23H,5-16,20-21H2,1-4H3,(H,30,31). The number of carboxylic acids is 1. The Hall–Kier alpha value is -2.37. The molecule has 0 saturated heterocycles. The van der Waals surface area contributed by atoms with Crippen LogP contribution in [0.2, 0.25) is 0 Å². The van der Waals surface area contributed by atoms with Gasteiger partial charge in [-0.1, -0.05) is 79.1 Å². The van der Waals surface area contributed by atoms with Gasteiger partial charge in [-0.25, -0.2) is 14.4 Å². The number of hydrogen-bond acceptors (Lipinski definition) is 5. The monoisotopic (exact) mass is 490 g/mol. The maximum Gasteiger partial charge on any atom is 0.339 e. The summed E-state index contributed by atoms with van der Waals surface area (Å²) in [5.74, 6) is -1.94. The molecule has 0 spiro atoms. The fourth-order valence-corrected chi connectivity index (χ4v) is 4.38. The number of ether oxygens (including phenoxy) is 2. The van der Waals surface area contributed by atoms with Crippen molar-refractivity contribution >= 4 is 17.9 Å². The number of esters is 2. The molecule has 0 amide bonds. The lowest BCUT2D eigenvalue weighted by molar-refractivity contribution is 0.0406. The van der Waals surface area contributed by atoms with Gasteiger partial charge in [0.15, 0.2) is 0 Å². The van der Waals surface area contributed by atoms with Crippen LogP contribution in [0.4, 0.5) is 0 Å². The minimum atomic E-state index is -1.27. The van der Waals surface area contributed by atoms with Gasteiger partial charge in [-0.05, 0) is 55.7 Å². The first kappa shape index (κ1) is 30.7. The van der Waals surface area contributed by atoms with Crippen molar-refractivity contribution in [2.75, 3.05) is 13.2 Å². The van der Waals surface area contributed by atoms with Crippen molar-refractivity contribution in [3.05, 3.63) is 34.9 Å². The second kappa shape index (κ2) is 18.0. The molecule has 35 heavy (non-hydrogen) atoms. The van der Waals surface area contributed by atoms with Gasteiger partial charge in [0.25, 0.3) is 0 Å². The van der Waals surface area contributed by atoms with Crippen molar-refractivity contribution in [3.8, 4) is 0 Å². The Morgan fingerprint density at radius 2 is 1.20 bits per heavy atom. The fourth-order valence-electron chi connectivity index (χ4n) is 4.38. The summed E-state index contributed by atoms with van der Waals surface area (Å²) in [7, 11) is 0. The Bertz CT molecular complexity index is 772. The normalized spacial score (nSPS) is 12.7. The molecule has 1 aromatic carbocycles. The Labute approximate surface area is 211 Å². The zero-order valence-electron chi connectivity index (χ0n) is 22.3. The molecule has 198 valence electrons. The molecule has 0 saturated carbocycles. The Balaban J connectivity index is 2.82. The molecule has 0 bridgehead atoms. The maximum atomic E-state index is 12.7. The van der Waals surface area contributed by atoms with Gasteiger partial charge in [-0.3, -0.25) is 0 Å². The maximum absolute atomic E-state index is 12.7. The van der Waals surface area contributed by atoms with E-state index in [4.69, 9.17) is 9.47 Å². The van der Waals surface area contributed by atoms with E-state index in [1.54, 1.807) is 0 Å². The van der Waals surface area contributed by atoms with Crippen LogP contribution in [-0.4, -0.2) is 36.2 Å². The summed E-state index contributed by atoms with van der Waals surface area (Å²) in [5, 5.41) is 9.67. The number of carbonyl (C=O) groups is 3. The van der Waals surface area contributed by atoms with Gasteiger partial charge < -0.3 is 14.6 Å². The molecule has 1 aromatic rings. The van der Waals surface area contributed by atoms with Gasteiger partial charge in [-0.15, -0.1) is 0 Å². The van der Waals surface area contributed by atoms with Gasteiger partial charge in [0, 0.05) is 0 Å². The second-order valence-corrected chi connectivity index (χ2v) is 9.56. The molecule has 0 fully saturated rings. The van der Waals surface area contributed by atoms with E-state index in [9.17, 15) is 19.5 Å². The number of hydrogen-bond donors (Lipinski definition) is 1. The number of aromatic carboxylic acids is 1. The summed E-state index contributed by atoms with van der Waals surface area (Å²) in [6, 6.07) is 4.03. The summed E-state index contributed by atoms with van der Waals surface area (Å²) in [5.41, 5.74) is -0.150. The fraction of sp³-hybridized carbons (Fsp3) is 0.690. The molecular formula is C29H46O6. The predicted octanol–water partition coefficient (Wildman–Crippen LogP) is 7.69. The molecule has 2 atom stereocenters. The van der Waals surface area contributed by atoms with Gasteiger partial charge >= 0.3 is 17.9 Å². The van der Waals surface area contributed by atoms with Gasteiger partial charge in [0.2, 0.25) is 0 Å². The van der Waals surface area contributed by atoms with Crippen LogP contribution in [0.25, 0.3) is 0 Å². The van der Waals surface area contributed by atoms with Crippen LogP contribution in [-0.2, 0) is 9.47 Å². The molecule has 1 N–H and O–H groups in total. The van der Waals surface area contributed by atoms with Crippen molar-refractivity contribution in [2.45, 2.75) is 105 Å². The minimum Gasteiger partial charge on any atom is -0.478 e. The minimum absolute atomic E-state index is 0.0405. The van der Waals surface area contributed by atoms with Crippen LogP contribution in [0.5, 0.6) is 0 Å². The lowest BCUT2D eigenvalue weighted by atomic mass is 9.97. The first-order valence-electron chi connectivity index (χ1n) is 13.6. The Kier molecular flexibility index (Phi) is 15.7. The van der Waals surface area contributed by atoms with Crippen LogP contribution in [0.1, 0.15) is 136 Å². The summed E-state index contributed by atoms with van der Waals surface area (Å²) in [6.45, 7) is 9.12. The van der Waals surface area contributed by atoms with Crippen molar-refractivity contribution in [2.24, 2.45) is 11.8 Å². The number of rotatable bonds is 19. The summed E-state index contributed by atoms with van der Waals surface area (Å²) in [4.78, 5) is 37.2. The third kappa shape index (κ3) is 11.7. The zero-order valence-corrected chi connectivity index (χ0v) is 22.3. The molecule has 6 nitrogen and oxygen atoms in total. The average Bonchev–Trinajstić information content (AvgIpc) is 2.85. The van der Waals surface area contributed by atoms with E-state index in [0.717, 1.165) is 77.0 Å². The highest BCUT2D eigenvalue weighted by atomic mass is 16.5. The van der Waals surface area contributed by atoms with E-state index < -0.39 is 17.9 Å². The third-order valence-electron chi connectivity index (χ3n) is 6.43. The van der Waals surface area contributed by atoms with E-state index in [2.05, 4.69) is 27.7 Å². The van der Waals surface area contributed by atoms with E-state index in [-0.39, 0.29) is 29.2 Å².